The minimum absolute atomic E-state index is 0.0147. The Kier molecular flexibility index (Phi) is 6.07. The maximum atomic E-state index is 13.3. The highest BCUT2D eigenvalue weighted by Crippen LogP contribution is 2.45. The van der Waals surface area contributed by atoms with Gasteiger partial charge < -0.3 is 19.7 Å². The monoisotopic (exact) mass is 455 g/mol. The van der Waals surface area contributed by atoms with Crippen LogP contribution in [0.3, 0.4) is 0 Å². The van der Waals surface area contributed by atoms with Gasteiger partial charge in [0.1, 0.15) is 11.4 Å². The Balaban J connectivity index is 1.71. The number of carbonyl (C=O) groups excluding carboxylic acids is 2. The highest BCUT2D eigenvalue weighted by molar-refractivity contribution is 8.16. The molecule has 1 fully saturated rings. The van der Waals surface area contributed by atoms with Crippen LogP contribution in [-0.4, -0.2) is 40.7 Å². The van der Waals surface area contributed by atoms with Gasteiger partial charge in [-0.25, -0.2) is 9.79 Å². The second-order valence-electron chi connectivity index (χ2n) is 9.19. The number of nitrogens with zero attached hydrogens (tertiary/aromatic N) is 2. The molecule has 1 saturated carbocycles. The largest absolute Gasteiger partial charge is 0.497 e. The van der Waals surface area contributed by atoms with Crippen molar-refractivity contribution in [2.45, 2.75) is 64.6 Å². The second kappa shape index (κ2) is 8.65. The highest BCUT2D eigenvalue weighted by Gasteiger charge is 2.42. The van der Waals surface area contributed by atoms with E-state index in [0.717, 1.165) is 35.0 Å². The Morgan fingerprint density at radius 3 is 2.50 bits per heavy atom. The number of rotatable bonds is 6. The van der Waals surface area contributed by atoms with Gasteiger partial charge in [0.05, 0.1) is 30.8 Å². The van der Waals surface area contributed by atoms with Crippen LogP contribution < -0.4 is 10.1 Å². The molecule has 1 amide bonds. The first-order chi connectivity index (χ1) is 15.2. The topological polar surface area (TPSA) is 80.2 Å². The highest BCUT2D eigenvalue weighted by atomic mass is 32.2. The standard InChI is InChI=1S/C24H29N3O4S/c1-14-20(22(29)31-24(2,3)4)21(15-6-10-18(30-5)11-7-15)27-17(13-32-23(27)25-14)12-19(28)26-16-8-9-16/h6-7,10-11,13,16,21H,8-9,12H2,1-5H3,(H,26,28)/t21-/m1/s1. The molecular weight excluding hydrogens is 426 g/mol. The van der Waals surface area contributed by atoms with Crippen LogP contribution >= 0.6 is 11.8 Å². The average molecular weight is 456 g/mol. The number of amidine groups is 1. The molecule has 32 heavy (non-hydrogen) atoms. The predicted octanol–water partition coefficient (Wildman–Crippen LogP) is 4.28. The van der Waals surface area contributed by atoms with Crippen LogP contribution in [0.1, 0.15) is 58.6 Å². The molecule has 4 rings (SSSR count). The summed E-state index contributed by atoms with van der Waals surface area (Å²) in [6.45, 7) is 7.37. The third-order valence-corrected chi connectivity index (χ3v) is 6.22. The summed E-state index contributed by atoms with van der Waals surface area (Å²) in [5, 5.41) is 5.75. The lowest BCUT2D eigenvalue weighted by Gasteiger charge is -2.37. The van der Waals surface area contributed by atoms with E-state index in [1.807, 2.05) is 62.3 Å². The summed E-state index contributed by atoms with van der Waals surface area (Å²) in [6, 6.07) is 7.47. The molecule has 1 aromatic carbocycles. The summed E-state index contributed by atoms with van der Waals surface area (Å²) in [4.78, 5) is 32.6. The molecule has 170 valence electrons. The number of allylic oxidation sites excluding steroid dienone is 1. The number of methoxy groups -OCH3 is 1. The quantitative estimate of drug-likeness (QED) is 0.645. The van der Waals surface area contributed by atoms with Crippen LogP contribution in [0.5, 0.6) is 5.75 Å². The number of hydrogen-bond acceptors (Lipinski definition) is 7. The first kappa shape index (κ1) is 22.5. The van der Waals surface area contributed by atoms with Crippen LogP contribution in [0.2, 0.25) is 0 Å². The molecule has 0 spiro atoms. The number of thioether (sulfide) groups is 1. The normalized spacial score (nSPS) is 20.4. The third-order valence-electron chi connectivity index (χ3n) is 5.34. The second-order valence-corrected chi connectivity index (χ2v) is 10.0. The number of esters is 1. The molecule has 3 aliphatic rings. The Hall–Kier alpha value is -2.74. The SMILES string of the molecule is COc1ccc([C@@H]2C(C(=O)OC(C)(C)C)=C(C)N=C3SC=C(CC(=O)NC4CC4)N32)cc1. The first-order valence-corrected chi connectivity index (χ1v) is 11.7. The van der Waals surface area contributed by atoms with Gasteiger partial charge in [-0.2, -0.15) is 0 Å². The summed E-state index contributed by atoms with van der Waals surface area (Å²) >= 11 is 1.47. The summed E-state index contributed by atoms with van der Waals surface area (Å²) in [5.41, 5.74) is 2.18. The third kappa shape index (κ3) is 4.85. The smallest absolute Gasteiger partial charge is 0.338 e. The number of nitrogens with one attached hydrogen (secondary N) is 1. The number of aliphatic imine (C=N–C) groups is 1. The lowest BCUT2D eigenvalue weighted by molar-refractivity contribution is -0.150. The van der Waals surface area contributed by atoms with Gasteiger partial charge in [-0.15, -0.1) is 0 Å². The average Bonchev–Trinajstić information content (AvgIpc) is 3.45. The Morgan fingerprint density at radius 2 is 1.91 bits per heavy atom. The van der Waals surface area contributed by atoms with E-state index in [4.69, 9.17) is 14.5 Å². The zero-order valence-corrected chi connectivity index (χ0v) is 19.9. The van der Waals surface area contributed by atoms with Gasteiger partial charge in [-0.05, 0) is 63.6 Å². The van der Waals surface area contributed by atoms with Crippen molar-refractivity contribution in [3.63, 3.8) is 0 Å². The van der Waals surface area contributed by atoms with E-state index in [1.165, 1.54) is 11.8 Å². The van der Waals surface area contributed by atoms with Crippen molar-refractivity contribution in [2.24, 2.45) is 4.99 Å². The van der Waals surface area contributed by atoms with Crippen molar-refractivity contribution in [3.05, 3.63) is 52.2 Å². The van der Waals surface area contributed by atoms with Crippen molar-refractivity contribution in [1.29, 1.82) is 0 Å². The van der Waals surface area contributed by atoms with Crippen LogP contribution in [0.25, 0.3) is 0 Å². The van der Waals surface area contributed by atoms with E-state index in [1.54, 1.807) is 7.11 Å². The first-order valence-electron chi connectivity index (χ1n) is 10.8. The van der Waals surface area contributed by atoms with Gasteiger partial charge in [0.15, 0.2) is 5.17 Å². The predicted molar refractivity (Wildman–Crippen MR) is 125 cm³/mol. The number of hydrogen-bond donors (Lipinski definition) is 1. The molecule has 1 N–H and O–H groups in total. The molecule has 2 heterocycles. The summed E-state index contributed by atoms with van der Waals surface area (Å²) in [6.07, 6.45) is 2.31. The van der Waals surface area contributed by atoms with Crippen molar-refractivity contribution in [3.8, 4) is 5.75 Å². The van der Waals surface area contributed by atoms with E-state index < -0.39 is 17.6 Å². The van der Waals surface area contributed by atoms with E-state index in [9.17, 15) is 9.59 Å². The van der Waals surface area contributed by atoms with Crippen LogP contribution in [0.15, 0.2) is 51.6 Å². The molecule has 0 unspecified atom stereocenters. The van der Waals surface area contributed by atoms with Gasteiger partial charge >= 0.3 is 5.97 Å². The Morgan fingerprint density at radius 1 is 1.22 bits per heavy atom. The number of ether oxygens (including phenoxy) is 2. The molecule has 0 radical (unpaired) electrons. The van der Waals surface area contributed by atoms with Crippen LogP contribution in [0.4, 0.5) is 0 Å². The number of carbonyl (C=O) groups is 2. The van der Waals surface area contributed by atoms with E-state index >= 15 is 0 Å². The molecule has 1 aromatic rings. The lowest BCUT2D eigenvalue weighted by atomic mass is 9.93. The Bertz CT molecular complexity index is 1020. The minimum Gasteiger partial charge on any atom is -0.497 e. The summed E-state index contributed by atoms with van der Waals surface area (Å²) in [5.74, 6) is 0.310. The van der Waals surface area contributed by atoms with E-state index in [0.29, 0.717) is 17.3 Å². The summed E-state index contributed by atoms with van der Waals surface area (Å²) < 4.78 is 11.1. The summed E-state index contributed by atoms with van der Waals surface area (Å²) in [7, 11) is 1.62. The molecule has 8 heteroatoms. The molecule has 1 atom stereocenters. The maximum absolute atomic E-state index is 13.3. The van der Waals surface area contributed by atoms with Gasteiger partial charge in [-0.3, -0.25) is 4.79 Å². The number of fused-ring (bicyclic) bond motifs is 1. The Labute approximate surface area is 192 Å². The number of benzene rings is 1. The van der Waals surface area contributed by atoms with Crippen molar-refractivity contribution >= 4 is 28.8 Å². The lowest BCUT2D eigenvalue weighted by Crippen LogP contribution is -2.39. The zero-order valence-electron chi connectivity index (χ0n) is 19.1. The minimum atomic E-state index is -0.638. The molecular formula is C24H29N3O4S. The molecule has 0 bridgehead atoms. The van der Waals surface area contributed by atoms with E-state index in [2.05, 4.69) is 5.32 Å². The zero-order chi connectivity index (χ0) is 23.0. The van der Waals surface area contributed by atoms with Crippen molar-refractivity contribution < 1.29 is 19.1 Å². The molecule has 0 aromatic heterocycles. The van der Waals surface area contributed by atoms with Crippen molar-refractivity contribution in [1.82, 2.24) is 10.2 Å². The maximum Gasteiger partial charge on any atom is 0.338 e. The number of amides is 1. The van der Waals surface area contributed by atoms with E-state index in [-0.39, 0.29) is 12.3 Å². The molecule has 7 nitrogen and oxygen atoms in total. The van der Waals surface area contributed by atoms with Gasteiger partial charge in [0.2, 0.25) is 5.91 Å². The van der Waals surface area contributed by atoms with Crippen LogP contribution in [0, 0.1) is 0 Å². The van der Waals surface area contributed by atoms with Gasteiger partial charge in [0, 0.05) is 11.7 Å². The van der Waals surface area contributed by atoms with Gasteiger partial charge in [-0.1, -0.05) is 23.9 Å². The fourth-order valence-corrected chi connectivity index (χ4v) is 4.70. The molecule has 1 aliphatic carbocycles. The van der Waals surface area contributed by atoms with Crippen LogP contribution in [-0.2, 0) is 14.3 Å². The fourth-order valence-electron chi connectivity index (χ4n) is 3.74. The van der Waals surface area contributed by atoms with Gasteiger partial charge in [0.25, 0.3) is 0 Å². The molecule has 2 aliphatic heterocycles. The van der Waals surface area contributed by atoms with Crippen molar-refractivity contribution in [2.75, 3.05) is 7.11 Å². The molecule has 0 saturated heterocycles. The fraction of sp³-hybridized carbons (Fsp3) is 0.458.